The number of hydrogen-bond acceptors (Lipinski definition) is 4. The van der Waals surface area contributed by atoms with Gasteiger partial charge in [-0.1, -0.05) is 25.1 Å². The Kier molecular flexibility index (Phi) is 3.43. The van der Waals surface area contributed by atoms with E-state index in [4.69, 9.17) is 0 Å². The number of rotatable bonds is 3. The van der Waals surface area contributed by atoms with Crippen molar-refractivity contribution >= 4 is 16.3 Å². The van der Waals surface area contributed by atoms with E-state index < -0.39 is 16.3 Å². The van der Waals surface area contributed by atoms with Gasteiger partial charge in [0.05, 0.1) is 5.56 Å². The first-order valence-corrected chi connectivity index (χ1v) is 5.75. The van der Waals surface area contributed by atoms with Crippen molar-refractivity contribution in [2.75, 3.05) is 0 Å². The van der Waals surface area contributed by atoms with E-state index in [9.17, 15) is 13.2 Å². The lowest BCUT2D eigenvalue weighted by Gasteiger charge is -2.05. The molecule has 15 heavy (non-hydrogen) atoms. The van der Waals surface area contributed by atoms with Crippen molar-refractivity contribution in [3.63, 3.8) is 0 Å². The average molecular weight is 229 g/mol. The van der Waals surface area contributed by atoms with Gasteiger partial charge in [-0.15, -0.1) is 0 Å². The van der Waals surface area contributed by atoms with Crippen molar-refractivity contribution in [3.8, 4) is 0 Å². The highest BCUT2D eigenvalue weighted by Crippen LogP contribution is 2.11. The molecular formula is C9H11NO4S. The van der Waals surface area contributed by atoms with E-state index >= 15 is 0 Å². The largest absolute Gasteiger partial charge is 0.382 e. The van der Waals surface area contributed by atoms with Crippen LogP contribution in [0.15, 0.2) is 24.3 Å². The standard InChI is InChI=1S/C9H11NO4S/c1-2-7-5-3-4-6-8(7)9(11)14-15(10,12)13/h3-6H,2H2,1H3,(H2,10,12,13). The van der Waals surface area contributed by atoms with Crippen LogP contribution in [0.4, 0.5) is 0 Å². The second-order valence-electron chi connectivity index (χ2n) is 2.87. The zero-order valence-electron chi connectivity index (χ0n) is 8.14. The number of aryl methyl sites for hydroxylation is 1. The summed E-state index contributed by atoms with van der Waals surface area (Å²) in [6.07, 6.45) is 0.607. The van der Waals surface area contributed by atoms with E-state index in [-0.39, 0.29) is 5.56 Å². The van der Waals surface area contributed by atoms with Crippen LogP contribution in [0.3, 0.4) is 0 Å². The summed E-state index contributed by atoms with van der Waals surface area (Å²) >= 11 is 0. The number of benzene rings is 1. The number of hydrogen-bond donors (Lipinski definition) is 1. The summed E-state index contributed by atoms with van der Waals surface area (Å²) in [6, 6.07) is 6.59. The molecule has 1 aromatic rings. The smallest absolute Gasteiger partial charge is 0.330 e. The third-order valence-corrected chi connectivity index (χ3v) is 2.19. The number of carbonyl (C=O) groups excluding carboxylic acids is 1. The molecule has 82 valence electrons. The summed E-state index contributed by atoms with van der Waals surface area (Å²) < 4.78 is 25.2. The van der Waals surface area contributed by atoms with Crippen molar-refractivity contribution < 1.29 is 17.4 Å². The van der Waals surface area contributed by atoms with E-state index in [1.54, 1.807) is 18.2 Å². The number of nitrogens with two attached hydrogens (primary N) is 1. The van der Waals surface area contributed by atoms with Crippen LogP contribution in [0.2, 0.25) is 0 Å². The summed E-state index contributed by atoms with van der Waals surface area (Å²) in [6.45, 7) is 1.85. The Balaban J connectivity index is 3.01. The maximum Gasteiger partial charge on any atom is 0.382 e. The predicted molar refractivity (Wildman–Crippen MR) is 54.3 cm³/mol. The predicted octanol–water partition coefficient (Wildman–Crippen LogP) is 0.609. The van der Waals surface area contributed by atoms with Gasteiger partial charge in [-0.05, 0) is 18.1 Å². The van der Waals surface area contributed by atoms with Gasteiger partial charge in [0.25, 0.3) is 0 Å². The van der Waals surface area contributed by atoms with E-state index in [2.05, 4.69) is 9.32 Å². The lowest BCUT2D eigenvalue weighted by molar-refractivity contribution is 0.0746. The molecule has 0 atom stereocenters. The summed E-state index contributed by atoms with van der Waals surface area (Å²) in [5, 5.41) is 4.59. The van der Waals surface area contributed by atoms with Gasteiger partial charge < -0.3 is 4.18 Å². The molecule has 1 rings (SSSR count). The van der Waals surface area contributed by atoms with Gasteiger partial charge in [-0.2, -0.15) is 13.6 Å². The highest BCUT2D eigenvalue weighted by Gasteiger charge is 2.16. The van der Waals surface area contributed by atoms with Crippen molar-refractivity contribution in [2.24, 2.45) is 5.14 Å². The minimum Gasteiger partial charge on any atom is -0.330 e. The molecule has 5 nitrogen and oxygen atoms in total. The molecule has 0 aliphatic rings. The first-order valence-electron chi connectivity index (χ1n) is 4.28. The van der Waals surface area contributed by atoms with Crippen molar-refractivity contribution in [1.82, 2.24) is 0 Å². The molecule has 0 aromatic heterocycles. The maximum atomic E-state index is 11.4. The van der Waals surface area contributed by atoms with Gasteiger partial charge in [0.15, 0.2) is 0 Å². The third kappa shape index (κ3) is 3.34. The Morgan fingerprint density at radius 3 is 2.53 bits per heavy atom. The van der Waals surface area contributed by atoms with Crippen LogP contribution in [0.5, 0.6) is 0 Å². The molecular weight excluding hydrogens is 218 g/mol. The van der Waals surface area contributed by atoms with E-state index in [0.717, 1.165) is 0 Å². The van der Waals surface area contributed by atoms with Crippen molar-refractivity contribution in [1.29, 1.82) is 0 Å². The fourth-order valence-corrected chi connectivity index (χ4v) is 1.48. The highest BCUT2D eigenvalue weighted by atomic mass is 32.2. The Hall–Kier alpha value is -1.40. The average Bonchev–Trinajstić information content (AvgIpc) is 2.15. The van der Waals surface area contributed by atoms with Crippen molar-refractivity contribution in [3.05, 3.63) is 35.4 Å². The molecule has 0 heterocycles. The van der Waals surface area contributed by atoms with Gasteiger partial charge in [0, 0.05) is 0 Å². The van der Waals surface area contributed by atoms with Crippen LogP contribution in [-0.4, -0.2) is 14.4 Å². The van der Waals surface area contributed by atoms with Crippen LogP contribution >= 0.6 is 0 Å². The number of carbonyl (C=O) groups is 1. The van der Waals surface area contributed by atoms with E-state index in [1.807, 2.05) is 6.92 Å². The Labute approximate surface area is 88.1 Å². The molecule has 6 heteroatoms. The summed E-state index contributed by atoms with van der Waals surface area (Å²) in [4.78, 5) is 11.4. The van der Waals surface area contributed by atoms with Crippen LogP contribution in [0.1, 0.15) is 22.8 Å². The van der Waals surface area contributed by atoms with Gasteiger partial charge in [0.2, 0.25) is 0 Å². The van der Waals surface area contributed by atoms with Gasteiger partial charge >= 0.3 is 16.3 Å². The molecule has 0 radical (unpaired) electrons. The minimum absolute atomic E-state index is 0.217. The highest BCUT2D eigenvalue weighted by molar-refractivity contribution is 7.84. The summed E-state index contributed by atoms with van der Waals surface area (Å²) in [5.74, 6) is -0.949. The topological polar surface area (TPSA) is 86.5 Å². The second-order valence-corrected chi connectivity index (χ2v) is 4.03. The van der Waals surface area contributed by atoms with Gasteiger partial charge in [-0.3, -0.25) is 0 Å². The zero-order valence-corrected chi connectivity index (χ0v) is 8.95. The summed E-state index contributed by atoms with van der Waals surface area (Å²) in [5.41, 5.74) is 0.931. The monoisotopic (exact) mass is 229 g/mol. The third-order valence-electron chi connectivity index (χ3n) is 1.81. The lowest BCUT2D eigenvalue weighted by Crippen LogP contribution is -2.21. The Bertz CT molecular complexity index is 467. The Morgan fingerprint density at radius 1 is 1.40 bits per heavy atom. The molecule has 0 saturated carbocycles. The van der Waals surface area contributed by atoms with Crippen LogP contribution < -0.4 is 5.14 Å². The quantitative estimate of drug-likeness (QED) is 0.822. The van der Waals surface area contributed by atoms with Crippen LogP contribution in [0, 0.1) is 0 Å². The fourth-order valence-electron chi connectivity index (χ4n) is 1.18. The minimum atomic E-state index is -4.25. The molecule has 0 fully saturated rings. The van der Waals surface area contributed by atoms with Crippen molar-refractivity contribution in [2.45, 2.75) is 13.3 Å². The van der Waals surface area contributed by atoms with Gasteiger partial charge in [-0.25, -0.2) is 4.79 Å². The maximum absolute atomic E-state index is 11.4. The molecule has 1 aromatic carbocycles. The first kappa shape index (κ1) is 11.7. The zero-order chi connectivity index (χ0) is 11.5. The summed E-state index contributed by atoms with van der Waals surface area (Å²) in [7, 11) is -4.25. The molecule has 0 aliphatic carbocycles. The molecule has 0 saturated heterocycles. The fraction of sp³-hybridized carbons (Fsp3) is 0.222. The second kappa shape index (κ2) is 4.41. The molecule has 0 spiro atoms. The first-order chi connectivity index (χ1) is 6.94. The Morgan fingerprint density at radius 2 is 2.00 bits per heavy atom. The molecule has 0 unspecified atom stereocenters. The van der Waals surface area contributed by atoms with E-state index in [0.29, 0.717) is 12.0 Å². The van der Waals surface area contributed by atoms with Crippen LogP contribution in [-0.2, 0) is 20.9 Å². The van der Waals surface area contributed by atoms with Gasteiger partial charge in [0.1, 0.15) is 0 Å². The molecule has 0 bridgehead atoms. The van der Waals surface area contributed by atoms with Crippen LogP contribution in [0.25, 0.3) is 0 Å². The SMILES string of the molecule is CCc1ccccc1C(=O)OS(N)(=O)=O. The molecule has 2 N–H and O–H groups in total. The lowest BCUT2D eigenvalue weighted by atomic mass is 10.1. The van der Waals surface area contributed by atoms with E-state index in [1.165, 1.54) is 6.07 Å². The molecule has 0 aliphatic heterocycles. The molecule has 0 amide bonds. The normalized spacial score (nSPS) is 11.1.